The second-order valence-corrected chi connectivity index (χ2v) is 17.1. The van der Waals surface area contributed by atoms with E-state index in [0.717, 1.165) is 23.5 Å². The van der Waals surface area contributed by atoms with E-state index in [1.807, 2.05) is 0 Å². The van der Waals surface area contributed by atoms with Gasteiger partial charge in [0.1, 0.15) is 0 Å². The maximum Gasteiger partial charge on any atom is 0.0654 e. The molecule has 0 amide bonds. The van der Waals surface area contributed by atoms with Crippen LogP contribution in [0.15, 0.2) is 218 Å². The zero-order valence-electron chi connectivity index (χ0n) is 34.9. The van der Waals surface area contributed by atoms with Crippen molar-refractivity contribution < 1.29 is 0 Å². The van der Waals surface area contributed by atoms with Gasteiger partial charge in [-0.25, -0.2) is 0 Å². The number of hydrogen-bond acceptors (Lipinski definition) is 1. The molecule has 1 unspecified atom stereocenters. The van der Waals surface area contributed by atoms with Crippen LogP contribution in [0.25, 0.3) is 94.4 Å². The Morgan fingerprint density at radius 1 is 0.344 bits per heavy atom. The number of rotatable bonds is 5. The lowest BCUT2D eigenvalue weighted by atomic mass is 9.94. The minimum atomic E-state index is 0.160. The topological polar surface area (TPSA) is 18.0 Å². The first-order valence-electron chi connectivity index (χ1n) is 22.3. The maximum atomic E-state index is 2.58. The van der Waals surface area contributed by atoms with Crippen molar-refractivity contribution in [1.82, 2.24) is 13.7 Å². The lowest BCUT2D eigenvalue weighted by molar-refractivity contribution is 0.836. The Labute approximate surface area is 369 Å². The van der Waals surface area contributed by atoms with Crippen LogP contribution in [-0.2, 0) is 0 Å². The molecule has 4 heterocycles. The second-order valence-electron chi connectivity index (χ2n) is 17.1. The van der Waals surface area contributed by atoms with Crippen molar-refractivity contribution in [3.63, 3.8) is 0 Å². The fraction of sp³-hybridized carbons (Fsp3) is 0.0333. The molecule has 0 fully saturated rings. The van der Waals surface area contributed by atoms with Crippen LogP contribution in [0.4, 0.5) is 11.4 Å². The van der Waals surface area contributed by atoms with Crippen LogP contribution in [0.3, 0.4) is 0 Å². The molecule has 0 bridgehead atoms. The van der Waals surface area contributed by atoms with Gasteiger partial charge in [0.2, 0.25) is 0 Å². The number of para-hydroxylation sites is 8. The van der Waals surface area contributed by atoms with E-state index in [1.165, 1.54) is 98.7 Å². The third-order valence-corrected chi connectivity index (χ3v) is 13.9. The molecular formula is C60H40N4. The molecule has 0 saturated heterocycles. The number of hydrogen-bond donors (Lipinski definition) is 0. The Morgan fingerprint density at radius 3 is 1.56 bits per heavy atom. The van der Waals surface area contributed by atoms with Crippen molar-refractivity contribution in [2.45, 2.75) is 12.5 Å². The third kappa shape index (κ3) is 4.82. The standard InChI is InChI=1S/C60H40N4/c1-3-19-39(20-4-1)61-53-33-17-11-27-47(53)57-55(61)37-35-45-43-25-9-15-31-51(43)63(59(45)57)49-29-13-7-23-41(49)42-24-8-14-30-50(42)64-52-32-16-10-26-44(52)46-36-38-56-58(60(46)64)48-28-12-18-34-54(48)62(56)40-21-5-2-6-22-40/h1-37,56H,38H2. The average molecular weight is 817 g/mol. The molecule has 1 aliphatic carbocycles. The summed E-state index contributed by atoms with van der Waals surface area (Å²) in [5.74, 6) is 0. The van der Waals surface area contributed by atoms with E-state index >= 15 is 0 Å². The van der Waals surface area contributed by atoms with Crippen LogP contribution in [0.5, 0.6) is 0 Å². The van der Waals surface area contributed by atoms with Gasteiger partial charge in [-0.1, -0.05) is 158 Å². The van der Waals surface area contributed by atoms with Crippen molar-refractivity contribution >= 4 is 77.5 Å². The highest BCUT2D eigenvalue weighted by molar-refractivity contribution is 6.26. The molecule has 4 heteroatoms. The predicted octanol–water partition coefficient (Wildman–Crippen LogP) is 13.4. The van der Waals surface area contributed by atoms with Crippen molar-refractivity contribution in [3.8, 4) is 28.2 Å². The van der Waals surface area contributed by atoms with Gasteiger partial charge < -0.3 is 18.6 Å². The molecule has 2 aliphatic rings. The zero-order chi connectivity index (χ0) is 41.9. The van der Waals surface area contributed by atoms with Gasteiger partial charge in [-0.3, -0.25) is 0 Å². The second kappa shape index (κ2) is 13.6. The lowest BCUT2D eigenvalue weighted by Gasteiger charge is -2.28. The van der Waals surface area contributed by atoms with Crippen molar-refractivity contribution in [2.24, 2.45) is 0 Å². The summed E-state index contributed by atoms with van der Waals surface area (Å²) in [5.41, 5.74) is 17.0. The lowest BCUT2D eigenvalue weighted by Crippen LogP contribution is -2.40. The number of nitrogens with zero attached hydrogens (tertiary/aromatic N) is 4. The van der Waals surface area contributed by atoms with E-state index in [2.05, 4.69) is 243 Å². The third-order valence-electron chi connectivity index (χ3n) is 13.9. The molecule has 4 nitrogen and oxygen atoms in total. The van der Waals surface area contributed by atoms with Crippen molar-refractivity contribution in [1.29, 1.82) is 0 Å². The van der Waals surface area contributed by atoms with Crippen LogP contribution >= 0.6 is 0 Å². The smallest absolute Gasteiger partial charge is 0.0654 e. The normalized spacial score (nSPS) is 14.4. The molecule has 1 aliphatic heterocycles. The molecule has 12 aromatic rings. The molecule has 0 radical (unpaired) electrons. The highest BCUT2D eigenvalue weighted by Crippen LogP contribution is 2.47. The zero-order valence-corrected chi connectivity index (χ0v) is 34.9. The summed E-state index contributed by atoms with van der Waals surface area (Å²) in [6, 6.07) is 80.5. The Balaban J connectivity index is 1.08. The Bertz CT molecular complexity index is 4000. The summed E-state index contributed by atoms with van der Waals surface area (Å²) in [7, 11) is 0. The molecule has 14 rings (SSSR count). The van der Waals surface area contributed by atoms with Gasteiger partial charge >= 0.3 is 0 Å². The first-order valence-corrected chi connectivity index (χ1v) is 22.3. The van der Waals surface area contributed by atoms with Crippen molar-refractivity contribution in [2.75, 3.05) is 4.90 Å². The number of aromatic nitrogens is 3. The average Bonchev–Trinajstić information content (AvgIpc) is 4.09. The molecule has 64 heavy (non-hydrogen) atoms. The van der Waals surface area contributed by atoms with Crippen molar-refractivity contribution in [3.05, 3.63) is 235 Å². The van der Waals surface area contributed by atoms with E-state index in [-0.39, 0.29) is 6.04 Å². The molecule has 0 N–H and O–H groups in total. The molecule has 0 spiro atoms. The van der Waals surface area contributed by atoms with Gasteiger partial charge in [0, 0.05) is 71.5 Å². The van der Waals surface area contributed by atoms with Gasteiger partial charge in [-0.05, 0) is 73.2 Å². The van der Waals surface area contributed by atoms with Crippen LogP contribution in [0.1, 0.15) is 12.0 Å². The van der Waals surface area contributed by atoms with Gasteiger partial charge in [-0.2, -0.15) is 0 Å². The molecule has 300 valence electrons. The van der Waals surface area contributed by atoms with Gasteiger partial charge in [0.25, 0.3) is 0 Å². The quantitative estimate of drug-likeness (QED) is 0.169. The van der Waals surface area contributed by atoms with Crippen LogP contribution in [0.2, 0.25) is 0 Å². The number of anilines is 2. The monoisotopic (exact) mass is 816 g/mol. The summed E-state index contributed by atoms with van der Waals surface area (Å²) in [5, 5.41) is 8.85. The summed E-state index contributed by atoms with van der Waals surface area (Å²) < 4.78 is 7.56. The summed E-state index contributed by atoms with van der Waals surface area (Å²) in [6.07, 6.45) is 3.42. The summed E-state index contributed by atoms with van der Waals surface area (Å²) in [4.78, 5) is 2.56. The van der Waals surface area contributed by atoms with Gasteiger partial charge in [-0.15, -0.1) is 0 Å². The largest absolute Gasteiger partial charge is 0.333 e. The Kier molecular flexibility index (Phi) is 7.48. The first kappa shape index (κ1) is 35.3. The van der Waals surface area contributed by atoms with E-state index in [9.17, 15) is 0 Å². The first-order chi connectivity index (χ1) is 31.8. The van der Waals surface area contributed by atoms with Crippen LogP contribution in [0, 0.1) is 0 Å². The van der Waals surface area contributed by atoms with E-state index < -0.39 is 0 Å². The predicted molar refractivity (Wildman–Crippen MR) is 267 cm³/mol. The minimum Gasteiger partial charge on any atom is -0.333 e. The summed E-state index contributed by atoms with van der Waals surface area (Å²) >= 11 is 0. The van der Waals surface area contributed by atoms with Gasteiger partial charge in [0.15, 0.2) is 0 Å². The molecule has 9 aromatic carbocycles. The number of fused-ring (bicyclic) bond motifs is 13. The molecule has 0 saturated carbocycles. The van der Waals surface area contributed by atoms with E-state index in [0.29, 0.717) is 0 Å². The molecular weight excluding hydrogens is 777 g/mol. The summed E-state index contributed by atoms with van der Waals surface area (Å²) in [6.45, 7) is 0. The molecule has 1 atom stereocenters. The number of benzene rings is 9. The van der Waals surface area contributed by atoms with E-state index in [4.69, 9.17) is 0 Å². The SMILES string of the molecule is C1=c2c(n(-c3ccccc3-c3ccccc3-n3c4ccccc4c4ccc5c(c6ccccc6n5-c5ccccc5)c43)c3ccccc23)=C2c3ccccc3N(c3ccccc3)C2C1. The van der Waals surface area contributed by atoms with Crippen LogP contribution in [-0.4, -0.2) is 19.7 Å². The maximum absolute atomic E-state index is 2.58. The van der Waals surface area contributed by atoms with Crippen LogP contribution < -0.4 is 15.5 Å². The highest BCUT2D eigenvalue weighted by Gasteiger charge is 2.37. The Hall–Kier alpha value is -8.34. The fourth-order valence-electron chi connectivity index (χ4n) is 11.4. The van der Waals surface area contributed by atoms with E-state index in [1.54, 1.807) is 0 Å². The molecule has 3 aromatic heterocycles. The highest BCUT2D eigenvalue weighted by atomic mass is 15.2. The fourth-order valence-corrected chi connectivity index (χ4v) is 11.4. The van der Waals surface area contributed by atoms with Gasteiger partial charge in [0.05, 0.1) is 50.3 Å². The minimum absolute atomic E-state index is 0.160. The Morgan fingerprint density at radius 2 is 0.859 bits per heavy atom.